The van der Waals surface area contributed by atoms with E-state index in [2.05, 4.69) is 15.0 Å². The van der Waals surface area contributed by atoms with Crippen molar-refractivity contribution in [3.8, 4) is 0 Å². The highest BCUT2D eigenvalue weighted by Gasteiger charge is 2.47. The van der Waals surface area contributed by atoms with Gasteiger partial charge < -0.3 is 26.0 Å². The number of fused-ring (bicyclic) bond motifs is 1. The van der Waals surface area contributed by atoms with Crippen LogP contribution in [0.25, 0.3) is 11.2 Å². The fourth-order valence-corrected chi connectivity index (χ4v) is 2.44. The minimum absolute atomic E-state index is 0.109. The van der Waals surface area contributed by atoms with Gasteiger partial charge in [0.1, 0.15) is 24.1 Å². The Bertz CT molecular complexity index is 756. The molecule has 0 unspecified atom stereocenters. The van der Waals surface area contributed by atoms with E-state index in [0.717, 1.165) is 0 Å². The number of rotatable bonds is 4. The highest BCUT2D eigenvalue weighted by atomic mass is 19.3. The number of imidazole rings is 1. The van der Waals surface area contributed by atoms with Gasteiger partial charge in [-0.1, -0.05) is 0 Å². The largest absolute Gasteiger partial charge is 0.387 e. The maximum atomic E-state index is 12.2. The number of nitrogens with two attached hydrogens (primary N) is 1. The summed E-state index contributed by atoms with van der Waals surface area (Å²) in [5.74, 6) is -0.846. The van der Waals surface area contributed by atoms with Gasteiger partial charge in [-0.3, -0.25) is 9.36 Å². The van der Waals surface area contributed by atoms with Gasteiger partial charge in [-0.2, -0.15) is 0 Å². The number of carbonyl (C=O) groups is 1. The van der Waals surface area contributed by atoms with Crippen molar-refractivity contribution in [1.29, 1.82) is 0 Å². The summed E-state index contributed by atoms with van der Waals surface area (Å²) < 4.78 is 30.9. The topological polar surface area (TPSA) is 148 Å². The fourth-order valence-electron chi connectivity index (χ4n) is 2.44. The van der Waals surface area contributed by atoms with Gasteiger partial charge in [0, 0.05) is 0 Å². The molecule has 5 N–H and O–H groups in total. The van der Waals surface area contributed by atoms with Gasteiger partial charge in [0.05, 0.1) is 12.9 Å². The molecule has 2 aromatic rings. The van der Waals surface area contributed by atoms with Crippen LogP contribution in [-0.4, -0.2) is 66.9 Å². The van der Waals surface area contributed by atoms with Crippen LogP contribution in [0, 0.1) is 0 Å². The highest BCUT2D eigenvalue weighted by molar-refractivity contribution is 5.82. The molecule has 12 heteroatoms. The van der Waals surface area contributed by atoms with Gasteiger partial charge in [-0.25, -0.2) is 23.7 Å². The molecule has 0 saturated carbocycles. The number of nitrogens with one attached hydrogen (secondary N) is 1. The molecular formula is C12H14F2N6O4. The van der Waals surface area contributed by atoms with Crippen molar-refractivity contribution in [3.63, 3.8) is 0 Å². The average molecular weight is 344 g/mol. The molecule has 4 atom stereocenters. The number of carbonyl (C=O) groups excluding carboxylic acids is 1. The van der Waals surface area contributed by atoms with E-state index in [9.17, 15) is 23.8 Å². The van der Waals surface area contributed by atoms with Gasteiger partial charge in [0.2, 0.25) is 0 Å². The number of halogens is 2. The molecule has 3 heterocycles. The lowest BCUT2D eigenvalue weighted by molar-refractivity contribution is -0.138. The Labute approximate surface area is 133 Å². The second kappa shape index (κ2) is 6.22. The lowest BCUT2D eigenvalue weighted by Crippen LogP contribution is -2.44. The number of aliphatic hydroxyl groups excluding tert-OH is 2. The fraction of sp³-hybridized carbons (Fsp3) is 0.500. The highest BCUT2D eigenvalue weighted by Crippen LogP contribution is 2.32. The minimum atomic E-state index is -2.74. The van der Waals surface area contributed by atoms with Gasteiger partial charge in [-0.05, 0) is 0 Å². The number of aromatic nitrogens is 4. The monoisotopic (exact) mass is 344 g/mol. The first-order valence-corrected chi connectivity index (χ1v) is 6.90. The maximum Gasteiger partial charge on any atom is 0.255 e. The molecule has 2 aromatic heterocycles. The van der Waals surface area contributed by atoms with Crippen LogP contribution in [0.5, 0.6) is 0 Å². The Morgan fingerprint density at radius 3 is 2.83 bits per heavy atom. The van der Waals surface area contributed by atoms with E-state index in [4.69, 9.17) is 10.5 Å². The number of alkyl halides is 2. The normalized spacial score (nSPS) is 27.0. The third kappa shape index (κ3) is 2.74. The third-order valence-electron chi connectivity index (χ3n) is 3.59. The first-order valence-electron chi connectivity index (χ1n) is 6.90. The van der Waals surface area contributed by atoms with Crippen molar-refractivity contribution in [2.24, 2.45) is 0 Å². The van der Waals surface area contributed by atoms with Gasteiger partial charge >= 0.3 is 0 Å². The van der Waals surface area contributed by atoms with Crippen LogP contribution in [0.1, 0.15) is 6.23 Å². The van der Waals surface area contributed by atoms with E-state index in [-0.39, 0.29) is 17.0 Å². The number of aliphatic hydroxyl groups is 2. The summed E-state index contributed by atoms with van der Waals surface area (Å²) in [4.78, 5) is 23.6. The second-order valence-electron chi connectivity index (χ2n) is 5.15. The first kappa shape index (κ1) is 16.4. The Balaban J connectivity index is 1.84. The van der Waals surface area contributed by atoms with Gasteiger partial charge in [-0.15, -0.1) is 0 Å². The molecule has 1 aliphatic heterocycles. The quantitative estimate of drug-likeness (QED) is 0.519. The van der Waals surface area contributed by atoms with Crippen LogP contribution in [-0.2, 0) is 9.53 Å². The van der Waals surface area contributed by atoms with E-state index < -0.39 is 43.4 Å². The summed E-state index contributed by atoms with van der Waals surface area (Å²) in [5.41, 5.74) is 6.15. The number of anilines is 1. The summed E-state index contributed by atoms with van der Waals surface area (Å²) >= 11 is 0. The van der Waals surface area contributed by atoms with Crippen molar-refractivity contribution in [1.82, 2.24) is 24.8 Å². The summed E-state index contributed by atoms with van der Waals surface area (Å²) in [5, 5.41) is 22.0. The molecule has 0 aromatic carbocycles. The number of ether oxygens (including phenoxy) is 1. The SMILES string of the molecule is Nc1ncnc2c1ncn2[C@@H]1O[C@H](C(=O)NCC(F)F)[C@@H](O)[C@H]1O. The Kier molecular flexibility index (Phi) is 4.26. The predicted octanol–water partition coefficient (Wildman–Crippen LogP) is -1.59. The van der Waals surface area contributed by atoms with Crippen LogP contribution in [0.2, 0.25) is 0 Å². The van der Waals surface area contributed by atoms with E-state index in [1.165, 1.54) is 17.2 Å². The number of hydrogen-bond donors (Lipinski definition) is 4. The summed E-state index contributed by atoms with van der Waals surface area (Å²) in [6, 6.07) is 0. The zero-order valence-electron chi connectivity index (χ0n) is 12.1. The lowest BCUT2D eigenvalue weighted by atomic mass is 10.1. The number of nitrogens with zero attached hydrogens (tertiary/aromatic N) is 4. The average Bonchev–Trinajstić information content (AvgIpc) is 3.09. The van der Waals surface area contributed by atoms with Crippen molar-refractivity contribution in [2.45, 2.75) is 31.0 Å². The minimum Gasteiger partial charge on any atom is -0.387 e. The zero-order chi connectivity index (χ0) is 17.4. The van der Waals surface area contributed by atoms with Crippen LogP contribution in [0.15, 0.2) is 12.7 Å². The van der Waals surface area contributed by atoms with Crippen molar-refractivity contribution in [3.05, 3.63) is 12.7 Å². The number of nitrogen functional groups attached to an aromatic ring is 1. The Morgan fingerprint density at radius 2 is 2.12 bits per heavy atom. The smallest absolute Gasteiger partial charge is 0.255 e. The molecule has 0 spiro atoms. The second-order valence-corrected chi connectivity index (χ2v) is 5.15. The molecule has 1 amide bonds. The van der Waals surface area contributed by atoms with Crippen molar-refractivity contribution in [2.75, 3.05) is 12.3 Å². The Morgan fingerprint density at radius 1 is 1.38 bits per heavy atom. The van der Waals surface area contributed by atoms with Gasteiger partial charge in [0.25, 0.3) is 12.3 Å². The molecule has 0 aliphatic carbocycles. The zero-order valence-corrected chi connectivity index (χ0v) is 12.1. The molecule has 0 bridgehead atoms. The summed E-state index contributed by atoms with van der Waals surface area (Å²) in [6.07, 6.45) is -6.12. The van der Waals surface area contributed by atoms with Crippen molar-refractivity contribution < 1.29 is 28.5 Å². The molecule has 1 aliphatic rings. The molecular weight excluding hydrogens is 330 g/mol. The van der Waals surface area contributed by atoms with Crippen molar-refractivity contribution >= 4 is 22.9 Å². The lowest BCUT2D eigenvalue weighted by Gasteiger charge is -2.16. The third-order valence-corrected chi connectivity index (χ3v) is 3.59. The molecule has 0 radical (unpaired) electrons. The maximum absolute atomic E-state index is 12.2. The molecule has 1 saturated heterocycles. The van der Waals surface area contributed by atoms with Crippen LogP contribution in [0.4, 0.5) is 14.6 Å². The van der Waals surface area contributed by atoms with E-state index >= 15 is 0 Å². The molecule has 1 fully saturated rings. The molecule has 3 rings (SSSR count). The van der Waals surface area contributed by atoms with Gasteiger partial charge in [0.15, 0.2) is 23.8 Å². The molecule has 24 heavy (non-hydrogen) atoms. The molecule has 10 nitrogen and oxygen atoms in total. The van der Waals surface area contributed by atoms with Crippen LogP contribution in [0.3, 0.4) is 0 Å². The predicted molar refractivity (Wildman–Crippen MR) is 74.7 cm³/mol. The Hall–Kier alpha value is -2.44. The number of amides is 1. The van der Waals surface area contributed by atoms with Crippen LogP contribution >= 0.6 is 0 Å². The van der Waals surface area contributed by atoms with Crippen LogP contribution < -0.4 is 11.1 Å². The molecule has 130 valence electrons. The van der Waals surface area contributed by atoms with E-state index in [1.54, 1.807) is 0 Å². The number of hydrogen-bond acceptors (Lipinski definition) is 8. The summed E-state index contributed by atoms with van der Waals surface area (Å²) in [7, 11) is 0. The van der Waals surface area contributed by atoms with E-state index in [0.29, 0.717) is 0 Å². The van der Waals surface area contributed by atoms with E-state index in [1.807, 2.05) is 5.32 Å². The first-order chi connectivity index (χ1) is 11.4. The standard InChI is InChI=1S/C12H14F2N6O4/c13-4(14)1-16-11(23)8-6(21)7(22)12(24-8)20-3-19-5-9(15)17-2-18-10(5)20/h2-4,6-8,12,21-22H,1H2,(H,16,23)(H2,15,17,18)/t6-,7+,8-,12+/m0/s1. The summed E-state index contributed by atoms with van der Waals surface area (Å²) in [6.45, 7) is -0.885.